The molecule has 0 unspecified atom stereocenters. The van der Waals surface area contributed by atoms with E-state index in [4.69, 9.17) is 14.2 Å². The highest BCUT2D eigenvalue weighted by Gasteiger charge is 2.32. The Balaban J connectivity index is 1.63. The van der Waals surface area contributed by atoms with Gasteiger partial charge in [0, 0.05) is 17.5 Å². The number of carbonyl (C=O) groups excluding carboxylic acids is 1. The molecule has 1 atom stereocenters. The molecule has 1 aliphatic rings. The Kier molecular flexibility index (Phi) is 5.31. The Morgan fingerprint density at radius 2 is 2.04 bits per heavy atom. The zero-order valence-corrected chi connectivity index (χ0v) is 16.6. The molecular formula is C22H27NO4. The quantitative estimate of drug-likeness (QED) is 0.837. The van der Waals surface area contributed by atoms with Crippen LogP contribution in [-0.2, 0) is 11.2 Å². The molecule has 1 aliphatic heterocycles. The SMILES string of the molecule is COc1ccc(C)cc1[C@H](C)NC(=O)COc1cccc2c1OC(C)(C)C2. The summed E-state index contributed by atoms with van der Waals surface area (Å²) in [5.74, 6) is 1.91. The maximum absolute atomic E-state index is 12.4. The summed E-state index contributed by atoms with van der Waals surface area (Å²) < 4.78 is 17.1. The molecule has 0 spiro atoms. The molecule has 0 aromatic heterocycles. The molecule has 3 rings (SSSR count). The van der Waals surface area contributed by atoms with Gasteiger partial charge < -0.3 is 19.5 Å². The number of ether oxygens (including phenoxy) is 3. The molecule has 1 heterocycles. The lowest BCUT2D eigenvalue weighted by Crippen LogP contribution is -2.31. The van der Waals surface area contributed by atoms with Crippen LogP contribution in [0.2, 0.25) is 0 Å². The fraction of sp³-hybridized carbons (Fsp3) is 0.409. The van der Waals surface area contributed by atoms with Crippen molar-refractivity contribution in [1.82, 2.24) is 5.32 Å². The lowest BCUT2D eigenvalue weighted by atomic mass is 10.0. The van der Waals surface area contributed by atoms with Gasteiger partial charge in [0.25, 0.3) is 5.91 Å². The van der Waals surface area contributed by atoms with Crippen molar-refractivity contribution < 1.29 is 19.0 Å². The molecule has 5 heteroatoms. The van der Waals surface area contributed by atoms with Gasteiger partial charge in [0.2, 0.25) is 0 Å². The number of amides is 1. The van der Waals surface area contributed by atoms with Gasteiger partial charge in [-0.15, -0.1) is 0 Å². The maximum atomic E-state index is 12.4. The van der Waals surface area contributed by atoms with Crippen molar-refractivity contribution in [3.63, 3.8) is 0 Å². The van der Waals surface area contributed by atoms with Gasteiger partial charge in [-0.05, 0) is 39.8 Å². The third-order valence-electron chi connectivity index (χ3n) is 4.64. The predicted octanol–water partition coefficient (Wildman–Crippen LogP) is 3.97. The lowest BCUT2D eigenvalue weighted by molar-refractivity contribution is -0.123. The van der Waals surface area contributed by atoms with Gasteiger partial charge in [-0.25, -0.2) is 0 Å². The average Bonchev–Trinajstić information content (AvgIpc) is 2.94. The van der Waals surface area contributed by atoms with E-state index in [0.717, 1.165) is 34.6 Å². The number of methoxy groups -OCH3 is 1. The first-order chi connectivity index (χ1) is 12.8. The van der Waals surface area contributed by atoms with Crippen molar-refractivity contribution in [3.05, 3.63) is 53.1 Å². The smallest absolute Gasteiger partial charge is 0.258 e. The highest BCUT2D eigenvalue weighted by Crippen LogP contribution is 2.41. The van der Waals surface area contributed by atoms with Gasteiger partial charge in [0.05, 0.1) is 13.2 Å². The van der Waals surface area contributed by atoms with Crippen LogP contribution in [0.4, 0.5) is 0 Å². The number of hydrogen-bond acceptors (Lipinski definition) is 4. The molecule has 0 aliphatic carbocycles. The van der Waals surface area contributed by atoms with Gasteiger partial charge in [0.15, 0.2) is 18.1 Å². The van der Waals surface area contributed by atoms with Crippen LogP contribution in [0.25, 0.3) is 0 Å². The normalized spacial score (nSPS) is 15.4. The van der Waals surface area contributed by atoms with Crippen LogP contribution in [-0.4, -0.2) is 25.2 Å². The van der Waals surface area contributed by atoms with Crippen LogP contribution in [0.15, 0.2) is 36.4 Å². The molecule has 1 amide bonds. The zero-order chi connectivity index (χ0) is 19.6. The van der Waals surface area contributed by atoms with Crippen molar-refractivity contribution >= 4 is 5.91 Å². The highest BCUT2D eigenvalue weighted by atomic mass is 16.5. The van der Waals surface area contributed by atoms with Crippen molar-refractivity contribution in [2.75, 3.05) is 13.7 Å². The predicted molar refractivity (Wildman–Crippen MR) is 105 cm³/mol. The van der Waals surface area contributed by atoms with Crippen LogP contribution in [0, 0.1) is 6.92 Å². The van der Waals surface area contributed by atoms with E-state index in [1.165, 1.54) is 0 Å². The molecule has 144 valence electrons. The second-order valence-electron chi connectivity index (χ2n) is 7.61. The van der Waals surface area contributed by atoms with Crippen molar-refractivity contribution in [1.29, 1.82) is 0 Å². The first-order valence-electron chi connectivity index (χ1n) is 9.16. The van der Waals surface area contributed by atoms with E-state index >= 15 is 0 Å². The van der Waals surface area contributed by atoms with Crippen LogP contribution in [0.3, 0.4) is 0 Å². The molecule has 0 saturated carbocycles. The number of carbonyl (C=O) groups is 1. The zero-order valence-electron chi connectivity index (χ0n) is 16.6. The number of fused-ring (bicyclic) bond motifs is 1. The van der Waals surface area contributed by atoms with E-state index in [-0.39, 0.29) is 24.2 Å². The van der Waals surface area contributed by atoms with Gasteiger partial charge in [0.1, 0.15) is 11.4 Å². The largest absolute Gasteiger partial charge is 0.496 e. The Morgan fingerprint density at radius 3 is 2.78 bits per heavy atom. The number of nitrogens with one attached hydrogen (secondary N) is 1. The van der Waals surface area contributed by atoms with Gasteiger partial charge >= 0.3 is 0 Å². The minimum Gasteiger partial charge on any atom is -0.496 e. The summed E-state index contributed by atoms with van der Waals surface area (Å²) in [7, 11) is 1.63. The summed E-state index contributed by atoms with van der Waals surface area (Å²) in [5.41, 5.74) is 2.91. The molecular weight excluding hydrogens is 342 g/mol. The Labute approximate surface area is 160 Å². The Morgan fingerprint density at radius 1 is 1.26 bits per heavy atom. The minimum atomic E-state index is -0.250. The van der Waals surface area contributed by atoms with E-state index in [2.05, 4.69) is 5.32 Å². The molecule has 5 nitrogen and oxygen atoms in total. The average molecular weight is 369 g/mol. The second kappa shape index (κ2) is 7.51. The molecule has 2 aromatic carbocycles. The summed E-state index contributed by atoms with van der Waals surface area (Å²) in [5, 5.41) is 2.97. The Bertz CT molecular complexity index is 844. The Hall–Kier alpha value is -2.69. The number of hydrogen-bond donors (Lipinski definition) is 1. The van der Waals surface area contributed by atoms with E-state index in [0.29, 0.717) is 5.75 Å². The van der Waals surface area contributed by atoms with Crippen LogP contribution in [0.1, 0.15) is 43.5 Å². The molecule has 2 aromatic rings. The fourth-order valence-corrected chi connectivity index (χ4v) is 3.40. The minimum absolute atomic E-state index is 0.0707. The lowest BCUT2D eigenvalue weighted by Gasteiger charge is -2.19. The number of aryl methyl sites for hydroxylation is 1. The fourth-order valence-electron chi connectivity index (χ4n) is 3.40. The van der Waals surface area contributed by atoms with Gasteiger partial charge in [-0.2, -0.15) is 0 Å². The molecule has 0 saturated heterocycles. The molecule has 0 fully saturated rings. The van der Waals surface area contributed by atoms with Crippen LogP contribution >= 0.6 is 0 Å². The van der Waals surface area contributed by atoms with Crippen molar-refractivity contribution in [2.45, 2.75) is 45.8 Å². The summed E-state index contributed by atoms with van der Waals surface area (Å²) in [6.07, 6.45) is 0.829. The first-order valence-corrected chi connectivity index (χ1v) is 9.16. The summed E-state index contributed by atoms with van der Waals surface area (Å²) in [6.45, 7) is 7.96. The summed E-state index contributed by atoms with van der Waals surface area (Å²) in [6, 6.07) is 11.5. The van der Waals surface area contributed by atoms with E-state index in [1.807, 2.05) is 64.1 Å². The maximum Gasteiger partial charge on any atom is 0.258 e. The van der Waals surface area contributed by atoms with E-state index in [1.54, 1.807) is 7.11 Å². The number of para-hydroxylation sites is 1. The van der Waals surface area contributed by atoms with Crippen LogP contribution < -0.4 is 19.5 Å². The molecule has 1 N–H and O–H groups in total. The third kappa shape index (κ3) is 4.35. The molecule has 0 radical (unpaired) electrons. The molecule has 27 heavy (non-hydrogen) atoms. The van der Waals surface area contributed by atoms with Gasteiger partial charge in [-0.1, -0.05) is 29.8 Å². The number of benzene rings is 2. The number of rotatable bonds is 6. The summed E-state index contributed by atoms with van der Waals surface area (Å²) in [4.78, 5) is 12.4. The second-order valence-corrected chi connectivity index (χ2v) is 7.61. The monoisotopic (exact) mass is 369 g/mol. The first kappa shape index (κ1) is 19.1. The molecule has 0 bridgehead atoms. The standard InChI is InChI=1S/C22H27NO4/c1-14-9-10-18(25-5)17(11-14)15(2)23-20(24)13-26-19-8-6-7-16-12-22(3,4)27-21(16)19/h6-11,15H,12-13H2,1-5H3,(H,23,24)/t15-/m0/s1. The van der Waals surface area contributed by atoms with Crippen LogP contribution in [0.5, 0.6) is 17.2 Å². The van der Waals surface area contributed by atoms with Gasteiger partial charge in [-0.3, -0.25) is 4.79 Å². The van der Waals surface area contributed by atoms with E-state index in [9.17, 15) is 4.79 Å². The highest BCUT2D eigenvalue weighted by molar-refractivity contribution is 5.78. The van der Waals surface area contributed by atoms with Crippen molar-refractivity contribution in [3.8, 4) is 17.2 Å². The van der Waals surface area contributed by atoms with Crippen molar-refractivity contribution in [2.24, 2.45) is 0 Å². The summed E-state index contributed by atoms with van der Waals surface area (Å²) >= 11 is 0. The topological polar surface area (TPSA) is 56.8 Å². The van der Waals surface area contributed by atoms with E-state index < -0.39 is 0 Å². The third-order valence-corrected chi connectivity index (χ3v) is 4.64.